The summed E-state index contributed by atoms with van der Waals surface area (Å²) in [6, 6.07) is 20.8. The molecular formula is C28H29FN2O7. The van der Waals surface area contributed by atoms with E-state index in [-0.39, 0.29) is 11.9 Å². The minimum Gasteiger partial charge on any atom is -0.497 e. The maximum absolute atomic E-state index is 13.5. The van der Waals surface area contributed by atoms with E-state index in [4.69, 9.17) is 19.3 Å². The van der Waals surface area contributed by atoms with Gasteiger partial charge in [-0.1, -0.05) is 24.3 Å². The summed E-state index contributed by atoms with van der Waals surface area (Å²) in [5.74, 6) is 0.777. The molecule has 2 aliphatic rings. The Labute approximate surface area is 218 Å². The van der Waals surface area contributed by atoms with Crippen LogP contribution in [0.2, 0.25) is 0 Å². The lowest BCUT2D eigenvalue weighted by molar-refractivity contribution is -0.277. The molecule has 0 saturated carbocycles. The van der Waals surface area contributed by atoms with Crippen LogP contribution in [0.1, 0.15) is 23.6 Å². The number of nitrogens with zero attached hydrogens (tertiary/aromatic N) is 2. The van der Waals surface area contributed by atoms with Crippen LogP contribution in [0.15, 0.2) is 77.9 Å². The summed E-state index contributed by atoms with van der Waals surface area (Å²) >= 11 is 0. The maximum atomic E-state index is 13.5. The fraction of sp³-hybridized carbons (Fsp3) is 0.321. The van der Waals surface area contributed by atoms with Crippen LogP contribution >= 0.6 is 0 Å². The highest BCUT2D eigenvalue weighted by molar-refractivity contribution is 6.03. The summed E-state index contributed by atoms with van der Waals surface area (Å²) in [5, 5.41) is 46.4. The van der Waals surface area contributed by atoms with Crippen molar-refractivity contribution in [2.24, 2.45) is 5.10 Å². The second-order valence-electron chi connectivity index (χ2n) is 9.20. The number of hydrogen-bond acceptors (Lipinski definition) is 9. The van der Waals surface area contributed by atoms with E-state index in [1.54, 1.807) is 31.4 Å². The van der Waals surface area contributed by atoms with Gasteiger partial charge in [0.25, 0.3) is 0 Å². The highest BCUT2D eigenvalue weighted by atomic mass is 19.1. The Bertz CT molecular complexity index is 1250. The van der Waals surface area contributed by atoms with Crippen LogP contribution in [0.5, 0.6) is 11.5 Å². The van der Waals surface area contributed by atoms with Gasteiger partial charge in [0.15, 0.2) is 0 Å². The van der Waals surface area contributed by atoms with E-state index in [2.05, 4.69) is 0 Å². The smallest absolute Gasteiger partial charge is 0.229 e. The van der Waals surface area contributed by atoms with E-state index in [1.165, 1.54) is 12.1 Å². The number of halogens is 1. The van der Waals surface area contributed by atoms with E-state index in [1.807, 2.05) is 41.4 Å². The summed E-state index contributed by atoms with van der Waals surface area (Å²) < 4.78 is 29.9. The topological polar surface area (TPSA) is 124 Å². The molecule has 4 N–H and O–H groups in total. The molecule has 10 heteroatoms. The van der Waals surface area contributed by atoms with Gasteiger partial charge in [0.2, 0.25) is 6.29 Å². The predicted molar refractivity (Wildman–Crippen MR) is 137 cm³/mol. The molecule has 200 valence electrons. The van der Waals surface area contributed by atoms with Crippen molar-refractivity contribution in [3.05, 3.63) is 89.7 Å². The molecule has 0 aliphatic carbocycles. The van der Waals surface area contributed by atoms with Crippen LogP contribution in [-0.2, 0) is 4.74 Å². The number of rotatable bonds is 7. The van der Waals surface area contributed by atoms with Gasteiger partial charge >= 0.3 is 0 Å². The lowest BCUT2D eigenvalue weighted by Gasteiger charge is -2.39. The van der Waals surface area contributed by atoms with E-state index in [9.17, 15) is 24.8 Å². The molecule has 9 nitrogen and oxygen atoms in total. The van der Waals surface area contributed by atoms with Crippen LogP contribution in [0, 0.1) is 5.82 Å². The van der Waals surface area contributed by atoms with Crippen LogP contribution in [-0.4, -0.2) is 70.6 Å². The van der Waals surface area contributed by atoms with Crippen molar-refractivity contribution in [3.8, 4) is 11.5 Å². The molecule has 1 saturated heterocycles. The number of anilines is 1. The summed E-state index contributed by atoms with van der Waals surface area (Å²) in [4.78, 5) is 0. The van der Waals surface area contributed by atoms with Crippen molar-refractivity contribution >= 4 is 11.4 Å². The average Bonchev–Trinajstić information content (AvgIpc) is 3.39. The summed E-state index contributed by atoms with van der Waals surface area (Å²) in [6.45, 7) is -0.539. The Kier molecular flexibility index (Phi) is 7.59. The van der Waals surface area contributed by atoms with Gasteiger partial charge in [-0.25, -0.2) is 4.39 Å². The number of hydrazone groups is 1. The molecule has 1 fully saturated rings. The molecule has 0 aromatic heterocycles. The first kappa shape index (κ1) is 26.1. The van der Waals surface area contributed by atoms with Gasteiger partial charge in [-0.3, -0.25) is 5.01 Å². The van der Waals surface area contributed by atoms with E-state index < -0.39 is 37.3 Å². The molecule has 2 heterocycles. The largest absolute Gasteiger partial charge is 0.497 e. The Balaban J connectivity index is 1.38. The Morgan fingerprint density at radius 2 is 1.55 bits per heavy atom. The minimum atomic E-state index is -1.52. The molecule has 6 atom stereocenters. The zero-order chi connectivity index (χ0) is 26.8. The second-order valence-corrected chi connectivity index (χ2v) is 9.20. The normalized spacial score (nSPS) is 27.2. The third-order valence-corrected chi connectivity index (χ3v) is 6.79. The van der Waals surface area contributed by atoms with Crippen molar-refractivity contribution < 1.29 is 39.0 Å². The minimum absolute atomic E-state index is 0.162. The van der Waals surface area contributed by atoms with E-state index in [0.717, 1.165) is 28.3 Å². The summed E-state index contributed by atoms with van der Waals surface area (Å²) in [7, 11) is 1.60. The molecule has 0 bridgehead atoms. The van der Waals surface area contributed by atoms with Gasteiger partial charge in [-0.15, -0.1) is 0 Å². The average molecular weight is 525 g/mol. The van der Waals surface area contributed by atoms with Crippen LogP contribution in [0.4, 0.5) is 10.1 Å². The van der Waals surface area contributed by atoms with Gasteiger partial charge in [0.1, 0.15) is 41.7 Å². The molecule has 0 amide bonds. The third kappa shape index (κ3) is 5.22. The molecule has 1 unspecified atom stereocenters. The van der Waals surface area contributed by atoms with Gasteiger partial charge in [0, 0.05) is 6.42 Å². The zero-order valence-corrected chi connectivity index (χ0v) is 20.6. The number of aliphatic hydroxyl groups is 4. The Morgan fingerprint density at radius 3 is 2.18 bits per heavy atom. The quantitative estimate of drug-likeness (QED) is 0.372. The fourth-order valence-corrected chi connectivity index (χ4v) is 4.63. The molecule has 0 radical (unpaired) electrons. The lowest BCUT2D eigenvalue weighted by atomic mass is 9.98. The lowest BCUT2D eigenvalue weighted by Crippen LogP contribution is -2.60. The summed E-state index contributed by atoms with van der Waals surface area (Å²) in [5.41, 5.74) is 3.43. The Morgan fingerprint density at radius 1 is 0.895 bits per heavy atom. The maximum Gasteiger partial charge on any atom is 0.229 e. The third-order valence-electron chi connectivity index (χ3n) is 6.79. The zero-order valence-electron chi connectivity index (χ0n) is 20.6. The molecule has 3 aromatic carbocycles. The van der Waals surface area contributed by atoms with Crippen molar-refractivity contribution in [2.75, 3.05) is 18.7 Å². The second kappa shape index (κ2) is 11.1. The molecular weight excluding hydrogens is 495 g/mol. The van der Waals surface area contributed by atoms with Crippen LogP contribution in [0.3, 0.4) is 0 Å². The molecule has 2 aliphatic heterocycles. The fourth-order valence-electron chi connectivity index (χ4n) is 4.63. The highest BCUT2D eigenvalue weighted by Gasteiger charge is 2.44. The van der Waals surface area contributed by atoms with E-state index >= 15 is 0 Å². The number of aliphatic hydroxyl groups excluding tert-OH is 4. The van der Waals surface area contributed by atoms with Crippen molar-refractivity contribution in [3.63, 3.8) is 0 Å². The van der Waals surface area contributed by atoms with Crippen LogP contribution in [0.25, 0.3) is 0 Å². The van der Waals surface area contributed by atoms with Crippen molar-refractivity contribution in [1.29, 1.82) is 0 Å². The van der Waals surface area contributed by atoms with Gasteiger partial charge in [0.05, 0.1) is 31.2 Å². The summed E-state index contributed by atoms with van der Waals surface area (Å²) in [6.07, 6.45) is -6.24. The monoisotopic (exact) mass is 524 g/mol. The standard InChI is InChI=1S/C28H29FN2O7/c1-36-20-12-8-19(9-13-20)31-23(14-22(30-31)16-2-6-18(29)7-3-16)17-4-10-21(11-5-17)37-28-27(35)26(34)25(33)24(15-32)38-28/h2-13,23-28,32-35H,14-15H2,1H3/t23?,24-,25-,26-,27-,28-/m1/s1. The molecule has 0 spiro atoms. The van der Waals surface area contributed by atoms with Gasteiger partial charge in [-0.2, -0.15) is 5.10 Å². The number of benzene rings is 3. The number of ether oxygens (including phenoxy) is 3. The van der Waals surface area contributed by atoms with Gasteiger partial charge in [-0.05, 0) is 59.7 Å². The highest BCUT2D eigenvalue weighted by Crippen LogP contribution is 2.38. The predicted octanol–water partition coefficient (Wildman–Crippen LogP) is 2.37. The van der Waals surface area contributed by atoms with Crippen molar-refractivity contribution in [2.45, 2.75) is 43.2 Å². The SMILES string of the molecule is COc1ccc(N2N=C(c3ccc(F)cc3)CC2c2ccc(O[C@@H]3O[C@H](CO)[C@@H](O)[C@@H](O)[C@H]3O)cc2)cc1. The van der Waals surface area contributed by atoms with Gasteiger partial charge < -0.3 is 34.6 Å². The van der Waals surface area contributed by atoms with Crippen molar-refractivity contribution in [1.82, 2.24) is 0 Å². The first-order valence-corrected chi connectivity index (χ1v) is 12.2. The molecule has 38 heavy (non-hydrogen) atoms. The molecule has 3 aromatic rings. The number of hydrogen-bond donors (Lipinski definition) is 4. The first-order valence-electron chi connectivity index (χ1n) is 12.2. The van der Waals surface area contributed by atoms with E-state index in [0.29, 0.717) is 12.2 Å². The molecule has 5 rings (SSSR count). The van der Waals surface area contributed by atoms with Crippen LogP contribution < -0.4 is 14.5 Å². The Hall–Kier alpha value is -3.54. The first-order chi connectivity index (χ1) is 18.4. The number of methoxy groups -OCH3 is 1.